The van der Waals surface area contributed by atoms with Crippen molar-refractivity contribution in [1.82, 2.24) is 5.32 Å². The highest BCUT2D eigenvalue weighted by Crippen LogP contribution is 2.47. The van der Waals surface area contributed by atoms with Crippen LogP contribution < -0.4 is 10.5 Å². The van der Waals surface area contributed by atoms with Crippen LogP contribution in [0, 0.1) is 5.41 Å². The van der Waals surface area contributed by atoms with E-state index in [1.807, 2.05) is 0 Å². The summed E-state index contributed by atoms with van der Waals surface area (Å²) < 4.78 is 22.2. The standard InChI is InChI=1S/C11H16N2O3S2/c1-2-11(3-4-11)7-13-10(14)8-5-9(17-6-8)18(12,15)16/h5-6H,2-4,7H2,1H3,(H,13,14)(H2,12,15,16). The molecule has 1 aromatic heterocycles. The van der Waals surface area contributed by atoms with E-state index in [0.717, 1.165) is 30.6 Å². The van der Waals surface area contributed by atoms with Crippen LogP contribution in [0.1, 0.15) is 36.5 Å². The van der Waals surface area contributed by atoms with E-state index in [2.05, 4.69) is 12.2 Å². The molecule has 7 heteroatoms. The lowest BCUT2D eigenvalue weighted by molar-refractivity contribution is 0.0944. The normalized spacial score (nSPS) is 17.4. The number of nitrogens with two attached hydrogens (primary N) is 1. The van der Waals surface area contributed by atoms with Crippen molar-refractivity contribution in [2.24, 2.45) is 10.6 Å². The summed E-state index contributed by atoms with van der Waals surface area (Å²) in [5, 5.41) is 9.36. The summed E-state index contributed by atoms with van der Waals surface area (Å²) in [7, 11) is -3.71. The van der Waals surface area contributed by atoms with Gasteiger partial charge in [0, 0.05) is 11.9 Å². The molecule has 0 atom stereocenters. The van der Waals surface area contributed by atoms with Gasteiger partial charge in [0.05, 0.1) is 5.56 Å². The average molecular weight is 288 g/mol. The number of rotatable bonds is 5. The molecule has 1 heterocycles. The third-order valence-electron chi connectivity index (χ3n) is 3.45. The molecule has 0 aliphatic heterocycles. The van der Waals surface area contributed by atoms with E-state index in [-0.39, 0.29) is 15.5 Å². The number of hydrogen-bond acceptors (Lipinski definition) is 4. The minimum atomic E-state index is -3.71. The van der Waals surface area contributed by atoms with Crippen LogP contribution in [-0.4, -0.2) is 20.9 Å². The molecule has 0 spiro atoms. The molecular weight excluding hydrogens is 272 g/mol. The van der Waals surface area contributed by atoms with Crippen molar-refractivity contribution in [1.29, 1.82) is 0 Å². The second-order valence-corrected chi connectivity index (χ2v) is 7.44. The molecule has 0 unspecified atom stereocenters. The largest absolute Gasteiger partial charge is 0.351 e. The molecule has 0 saturated heterocycles. The van der Waals surface area contributed by atoms with Gasteiger partial charge < -0.3 is 5.32 Å². The minimum absolute atomic E-state index is 0.0178. The number of carbonyl (C=O) groups excluding carboxylic acids is 1. The van der Waals surface area contributed by atoms with Gasteiger partial charge in [-0.3, -0.25) is 4.79 Å². The van der Waals surface area contributed by atoms with Gasteiger partial charge in [-0.1, -0.05) is 6.92 Å². The minimum Gasteiger partial charge on any atom is -0.351 e. The zero-order chi connectivity index (χ0) is 13.4. The van der Waals surface area contributed by atoms with Crippen LogP contribution in [0.25, 0.3) is 0 Å². The Balaban J connectivity index is 1.99. The lowest BCUT2D eigenvalue weighted by atomic mass is 10.0. The Morgan fingerprint density at radius 1 is 1.56 bits per heavy atom. The highest BCUT2D eigenvalue weighted by molar-refractivity contribution is 7.91. The molecule has 0 bridgehead atoms. The van der Waals surface area contributed by atoms with E-state index in [0.29, 0.717) is 12.1 Å². The van der Waals surface area contributed by atoms with E-state index in [4.69, 9.17) is 5.14 Å². The SMILES string of the molecule is CCC1(CNC(=O)c2csc(S(N)(=O)=O)c2)CC1. The first kappa shape index (κ1) is 13.5. The molecular formula is C11H16N2O3S2. The summed E-state index contributed by atoms with van der Waals surface area (Å²) >= 11 is 0.966. The van der Waals surface area contributed by atoms with Gasteiger partial charge in [0.25, 0.3) is 5.91 Å². The van der Waals surface area contributed by atoms with Gasteiger partial charge in [-0.2, -0.15) is 0 Å². The summed E-state index contributed by atoms with van der Waals surface area (Å²) in [4.78, 5) is 11.8. The van der Waals surface area contributed by atoms with E-state index < -0.39 is 10.0 Å². The van der Waals surface area contributed by atoms with Gasteiger partial charge in [-0.25, -0.2) is 13.6 Å². The van der Waals surface area contributed by atoms with Crippen LogP contribution in [0.5, 0.6) is 0 Å². The molecule has 3 N–H and O–H groups in total. The zero-order valence-corrected chi connectivity index (χ0v) is 11.7. The van der Waals surface area contributed by atoms with Crippen molar-refractivity contribution in [3.05, 3.63) is 17.0 Å². The Morgan fingerprint density at radius 3 is 2.67 bits per heavy atom. The molecule has 2 rings (SSSR count). The van der Waals surface area contributed by atoms with Gasteiger partial charge in [0.2, 0.25) is 10.0 Å². The molecule has 1 saturated carbocycles. The van der Waals surface area contributed by atoms with Crippen molar-refractivity contribution in [2.45, 2.75) is 30.4 Å². The number of primary sulfonamides is 1. The van der Waals surface area contributed by atoms with Crippen LogP contribution in [-0.2, 0) is 10.0 Å². The fourth-order valence-electron chi connectivity index (χ4n) is 1.79. The Morgan fingerprint density at radius 2 is 2.22 bits per heavy atom. The van der Waals surface area contributed by atoms with Gasteiger partial charge >= 0.3 is 0 Å². The van der Waals surface area contributed by atoms with Crippen LogP contribution in [0.3, 0.4) is 0 Å². The molecule has 0 aromatic carbocycles. The summed E-state index contributed by atoms with van der Waals surface area (Å²) in [6.45, 7) is 2.77. The topological polar surface area (TPSA) is 89.3 Å². The Labute approximate surface area is 110 Å². The van der Waals surface area contributed by atoms with Crippen LogP contribution >= 0.6 is 11.3 Å². The first-order valence-corrected chi connectivity index (χ1v) is 8.18. The monoisotopic (exact) mass is 288 g/mol. The van der Waals surface area contributed by atoms with Crippen molar-refractivity contribution in [2.75, 3.05) is 6.54 Å². The first-order valence-electron chi connectivity index (χ1n) is 5.76. The average Bonchev–Trinajstić information content (AvgIpc) is 2.90. The van der Waals surface area contributed by atoms with E-state index in [1.54, 1.807) is 0 Å². The smallest absolute Gasteiger partial charge is 0.252 e. The lowest BCUT2D eigenvalue weighted by Crippen LogP contribution is -2.29. The quantitative estimate of drug-likeness (QED) is 0.856. The number of carbonyl (C=O) groups is 1. The summed E-state index contributed by atoms with van der Waals surface area (Å²) in [6.07, 6.45) is 3.35. The van der Waals surface area contributed by atoms with Crippen LogP contribution in [0.2, 0.25) is 0 Å². The highest BCUT2D eigenvalue weighted by Gasteiger charge is 2.40. The number of sulfonamides is 1. The fourth-order valence-corrected chi connectivity index (χ4v) is 3.37. The number of hydrogen-bond donors (Lipinski definition) is 2. The second-order valence-electron chi connectivity index (χ2n) is 4.74. The maximum absolute atomic E-state index is 11.8. The fraction of sp³-hybridized carbons (Fsp3) is 0.545. The maximum Gasteiger partial charge on any atom is 0.252 e. The van der Waals surface area contributed by atoms with Gasteiger partial charge in [-0.05, 0) is 30.7 Å². The Kier molecular flexibility index (Phi) is 3.48. The summed E-state index contributed by atoms with van der Waals surface area (Å²) in [5.74, 6) is -0.235. The predicted molar refractivity (Wildman–Crippen MR) is 70.0 cm³/mol. The molecule has 1 aliphatic carbocycles. The predicted octanol–water partition coefficient (Wildman–Crippen LogP) is 1.32. The maximum atomic E-state index is 11.8. The third-order valence-corrected chi connectivity index (χ3v) is 5.84. The van der Waals surface area contributed by atoms with Crippen molar-refractivity contribution >= 4 is 27.3 Å². The molecule has 5 nitrogen and oxygen atoms in total. The van der Waals surface area contributed by atoms with E-state index in [9.17, 15) is 13.2 Å². The van der Waals surface area contributed by atoms with Gasteiger partial charge in [0.15, 0.2) is 0 Å². The molecule has 1 amide bonds. The van der Waals surface area contributed by atoms with Crippen molar-refractivity contribution in [3.8, 4) is 0 Å². The molecule has 1 aliphatic rings. The first-order chi connectivity index (χ1) is 8.36. The van der Waals surface area contributed by atoms with Crippen molar-refractivity contribution in [3.63, 3.8) is 0 Å². The van der Waals surface area contributed by atoms with Crippen LogP contribution in [0.15, 0.2) is 15.7 Å². The van der Waals surface area contributed by atoms with E-state index in [1.165, 1.54) is 11.4 Å². The Bertz CT molecular complexity index is 559. The molecule has 1 fully saturated rings. The molecule has 0 radical (unpaired) electrons. The Hall–Kier alpha value is -0.920. The lowest BCUT2D eigenvalue weighted by Gasteiger charge is -2.12. The second kappa shape index (κ2) is 4.64. The van der Waals surface area contributed by atoms with Crippen molar-refractivity contribution < 1.29 is 13.2 Å². The molecule has 1 aromatic rings. The third kappa shape index (κ3) is 2.90. The van der Waals surface area contributed by atoms with Gasteiger partial charge in [0.1, 0.15) is 4.21 Å². The van der Waals surface area contributed by atoms with E-state index >= 15 is 0 Å². The number of nitrogens with one attached hydrogen (secondary N) is 1. The van der Waals surface area contributed by atoms with Crippen LogP contribution in [0.4, 0.5) is 0 Å². The molecule has 100 valence electrons. The summed E-state index contributed by atoms with van der Waals surface area (Å²) in [5.41, 5.74) is 0.630. The number of amides is 1. The highest BCUT2D eigenvalue weighted by atomic mass is 32.2. The number of thiophene rings is 1. The summed E-state index contributed by atoms with van der Waals surface area (Å²) in [6, 6.07) is 1.32. The van der Waals surface area contributed by atoms with Gasteiger partial charge in [-0.15, -0.1) is 11.3 Å². The molecule has 18 heavy (non-hydrogen) atoms. The zero-order valence-electron chi connectivity index (χ0n) is 10.1.